The monoisotopic (exact) mass is 276 g/mol. The molecule has 0 spiro atoms. The Morgan fingerprint density at radius 2 is 1.26 bits per heavy atom. The van der Waals surface area contributed by atoms with Crippen LogP contribution in [0.2, 0.25) is 0 Å². The normalized spacial score (nSPS) is 11.7. The van der Waals surface area contributed by atoms with Crippen molar-refractivity contribution < 1.29 is 26.3 Å². The van der Waals surface area contributed by atoms with E-state index in [2.05, 4.69) is 0 Å². The van der Waals surface area contributed by atoms with Gasteiger partial charge in [-0.3, -0.25) is 0 Å². The van der Waals surface area contributed by atoms with Crippen molar-refractivity contribution in [2.45, 2.75) is 6.18 Å². The van der Waals surface area contributed by atoms with Crippen LogP contribution < -0.4 is 0 Å². The molecule has 2 aromatic carbocycles. The molecule has 0 atom stereocenters. The summed E-state index contributed by atoms with van der Waals surface area (Å²) in [5.74, 6) is -4.32. The highest BCUT2D eigenvalue weighted by molar-refractivity contribution is 5.64. The molecule has 0 saturated heterocycles. The summed E-state index contributed by atoms with van der Waals surface area (Å²) in [7, 11) is 0. The topological polar surface area (TPSA) is 0 Å². The first-order valence-electron chi connectivity index (χ1n) is 5.12. The maximum Gasteiger partial charge on any atom is 0.422 e. The van der Waals surface area contributed by atoms with Crippen molar-refractivity contribution in [3.63, 3.8) is 0 Å². The van der Waals surface area contributed by atoms with Crippen LogP contribution in [0.3, 0.4) is 0 Å². The fraction of sp³-hybridized carbons (Fsp3) is 0.0769. The Hall–Kier alpha value is -1.98. The summed E-state index contributed by atoms with van der Waals surface area (Å²) in [6.45, 7) is 0. The van der Waals surface area contributed by atoms with Crippen molar-refractivity contribution in [3.05, 3.63) is 59.4 Å². The summed E-state index contributed by atoms with van der Waals surface area (Å²) in [5.41, 5.74) is -2.44. The minimum Gasteiger partial charge on any atom is -0.206 e. The Bertz CT molecular complexity index is 592. The van der Waals surface area contributed by atoms with E-state index < -0.39 is 29.2 Å². The third-order valence-corrected chi connectivity index (χ3v) is 2.51. The van der Waals surface area contributed by atoms with Crippen LogP contribution in [0, 0.1) is 17.5 Å². The molecule has 0 amide bonds. The summed E-state index contributed by atoms with van der Waals surface area (Å²) < 4.78 is 77.2. The smallest absolute Gasteiger partial charge is 0.206 e. The Morgan fingerprint density at radius 1 is 0.737 bits per heavy atom. The van der Waals surface area contributed by atoms with Crippen molar-refractivity contribution in [1.29, 1.82) is 0 Å². The number of halogens is 6. The molecule has 0 aliphatic carbocycles. The van der Waals surface area contributed by atoms with E-state index in [1.165, 1.54) is 18.2 Å². The third-order valence-electron chi connectivity index (χ3n) is 2.51. The highest BCUT2D eigenvalue weighted by Gasteiger charge is 2.38. The van der Waals surface area contributed by atoms with Crippen LogP contribution >= 0.6 is 0 Å². The molecule has 2 rings (SSSR count). The number of hydrogen-bond donors (Lipinski definition) is 0. The van der Waals surface area contributed by atoms with E-state index in [4.69, 9.17) is 0 Å². The van der Waals surface area contributed by atoms with E-state index in [-0.39, 0.29) is 11.1 Å². The van der Waals surface area contributed by atoms with Gasteiger partial charge < -0.3 is 0 Å². The van der Waals surface area contributed by atoms with Gasteiger partial charge >= 0.3 is 6.18 Å². The van der Waals surface area contributed by atoms with Crippen molar-refractivity contribution >= 4 is 0 Å². The Kier molecular flexibility index (Phi) is 3.26. The first kappa shape index (κ1) is 13.5. The maximum absolute atomic E-state index is 13.4. The fourth-order valence-electron chi connectivity index (χ4n) is 1.69. The van der Waals surface area contributed by atoms with Crippen LogP contribution in [0.1, 0.15) is 5.56 Å². The molecule has 19 heavy (non-hydrogen) atoms. The third kappa shape index (κ3) is 2.57. The van der Waals surface area contributed by atoms with Crippen molar-refractivity contribution in [1.82, 2.24) is 0 Å². The summed E-state index contributed by atoms with van der Waals surface area (Å²) in [6.07, 6.45) is -5.14. The quantitative estimate of drug-likeness (QED) is 0.657. The van der Waals surface area contributed by atoms with Crippen LogP contribution in [0.4, 0.5) is 26.3 Å². The van der Waals surface area contributed by atoms with Crippen LogP contribution in [0.25, 0.3) is 11.1 Å². The second-order valence-electron chi connectivity index (χ2n) is 3.79. The molecule has 0 aromatic heterocycles. The van der Waals surface area contributed by atoms with E-state index in [9.17, 15) is 26.3 Å². The predicted octanol–water partition coefficient (Wildman–Crippen LogP) is 4.79. The molecule has 100 valence electrons. The van der Waals surface area contributed by atoms with E-state index in [1.807, 2.05) is 0 Å². The van der Waals surface area contributed by atoms with Crippen molar-refractivity contribution in [2.24, 2.45) is 0 Å². The van der Waals surface area contributed by atoms with Gasteiger partial charge in [-0.05, 0) is 23.8 Å². The zero-order valence-electron chi connectivity index (χ0n) is 9.23. The zero-order chi connectivity index (χ0) is 14.2. The molecule has 0 N–H and O–H groups in total. The van der Waals surface area contributed by atoms with Crippen molar-refractivity contribution in [3.8, 4) is 11.1 Å². The molecule has 0 bridgehead atoms. The van der Waals surface area contributed by atoms with Gasteiger partial charge in [0.1, 0.15) is 23.0 Å². The van der Waals surface area contributed by atoms with E-state index in [1.54, 1.807) is 0 Å². The highest BCUT2D eigenvalue weighted by Crippen LogP contribution is 2.36. The molecule has 6 heteroatoms. The van der Waals surface area contributed by atoms with Gasteiger partial charge in [0.2, 0.25) is 0 Å². The standard InChI is InChI=1S/C13H6F6/c14-9-4-2-1-3-8(9)7-5-10(15)12(11(16)6-7)13(17,18)19/h1-6H. The average Bonchev–Trinajstić information content (AvgIpc) is 2.26. The average molecular weight is 276 g/mol. The van der Waals surface area contributed by atoms with Crippen LogP contribution in [0.5, 0.6) is 0 Å². The van der Waals surface area contributed by atoms with Crippen LogP contribution in [-0.2, 0) is 6.18 Å². The molecule has 2 aromatic rings. The fourth-order valence-corrected chi connectivity index (χ4v) is 1.69. The van der Waals surface area contributed by atoms with Gasteiger partial charge in [0.15, 0.2) is 0 Å². The van der Waals surface area contributed by atoms with E-state index in [0.717, 1.165) is 6.07 Å². The number of hydrogen-bond acceptors (Lipinski definition) is 0. The Morgan fingerprint density at radius 3 is 1.74 bits per heavy atom. The maximum atomic E-state index is 13.4. The molecule has 0 heterocycles. The van der Waals surface area contributed by atoms with Gasteiger partial charge in [-0.2, -0.15) is 13.2 Å². The van der Waals surface area contributed by atoms with Gasteiger partial charge in [0.05, 0.1) is 0 Å². The van der Waals surface area contributed by atoms with Gasteiger partial charge in [-0.25, -0.2) is 13.2 Å². The van der Waals surface area contributed by atoms with E-state index in [0.29, 0.717) is 12.1 Å². The minimum atomic E-state index is -5.14. The van der Waals surface area contributed by atoms with Gasteiger partial charge in [0.25, 0.3) is 0 Å². The molecular formula is C13H6F6. The predicted molar refractivity (Wildman–Crippen MR) is 56.8 cm³/mol. The number of benzene rings is 2. The summed E-state index contributed by atoms with van der Waals surface area (Å²) >= 11 is 0. The van der Waals surface area contributed by atoms with Crippen LogP contribution in [-0.4, -0.2) is 0 Å². The molecule has 0 nitrogen and oxygen atoms in total. The van der Waals surface area contributed by atoms with E-state index >= 15 is 0 Å². The molecular weight excluding hydrogens is 270 g/mol. The Labute approximate surface area is 104 Å². The molecule has 0 aliphatic heterocycles. The van der Waals surface area contributed by atoms with Crippen LogP contribution in [0.15, 0.2) is 36.4 Å². The molecule has 0 fully saturated rings. The zero-order valence-corrected chi connectivity index (χ0v) is 9.23. The second-order valence-corrected chi connectivity index (χ2v) is 3.79. The summed E-state index contributed by atoms with van der Waals surface area (Å²) in [4.78, 5) is 0. The highest BCUT2D eigenvalue weighted by atomic mass is 19.4. The number of rotatable bonds is 1. The van der Waals surface area contributed by atoms with Crippen molar-refractivity contribution in [2.75, 3.05) is 0 Å². The lowest BCUT2D eigenvalue weighted by atomic mass is 10.0. The minimum absolute atomic E-state index is 0.172. The lowest BCUT2D eigenvalue weighted by Crippen LogP contribution is -2.11. The summed E-state index contributed by atoms with van der Waals surface area (Å²) in [5, 5.41) is 0. The SMILES string of the molecule is Fc1ccccc1-c1cc(F)c(C(F)(F)F)c(F)c1. The first-order valence-corrected chi connectivity index (χ1v) is 5.12. The summed E-state index contributed by atoms with van der Waals surface area (Å²) in [6, 6.07) is 5.95. The molecule has 0 radical (unpaired) electrons. The molecule has 0 saturated carbocycles. The lowest BCUT2D eigenvalue weighted by Gasteiger charge is -2.11. The number of alkyl halides is 3. The van der Waals surface area contributed by atoms with Gasteiger partial charge in [0, 0.05) is 5.56 Å². The van der Waals surface area contributed by atoms with Gasteiger partial charge in [-0.1, -0.05) is 18.2 Å². The first-order chi connectivity index (χ1) is 8.80. The van der Waals surface area contributed by atoms with Gasteiger partial charge in [-0.15, -0.1) is 0 Å². The Balaban J connectivity index is 2.62. The second kappa shape index (κ2) is 4.60. The lowest BCUT2D eigenvalue weighted by molar-refractivity contribution is -0.142. The molecule has 0 unspecified atom stereocenters. The largest absolute Gasteiger partial charge is 0.422 e. The molecule has 0 aliphatic rings.